The van der Waals surface area contributed by atoms with Crippen molar-refractivity contribution in [3.63, 3.8) is 0 Å². The number of hydrogen-bond donors (Lipinski definition) is 3. The Morgan fingerprint density at radius 2 is 2.31 bits per heavy atom. The molecular weight excluding hydrogens is 214 g/mol. The van der Waals surface area contributed by atoms with E-state index in [1.165, 1.54) is 12.5 Å². The van der Waals surface area contributed by atoms with Crippen molar-refractivity contribution in [1.82, 2.24) is 14.9 Å². The maximum Gasteiger partial charge on any atom is 0.332 e. The molecule has 0 aromatic carbocycles. The van der Waals surface area contributed by atoms with Crippen molar-refractivity contribution >= 4 is 11.9 Å². The van der Waals surface area contributed by atoms with Crippen molar-refractivity contribution in [2.24, 2.45) is 7.05 Å². The lowest BCUT2D eigenvalue weighted by Crippen LogP contribution is -2.30. The molecule has 0 spiro atoms. The lowest BCUT2D eigenvalue weighted by molar-refractivity contribution is -0.146. The van der Waals surface area contributed by atoms with Crippen LogP contribution >= 0.6 is 0 Å². The van der Waals surface area contributed by atoms with Crippen LogP contribution < -0.4 is 5.32 Å². The van der Waals surface area contributed by atoms with Gasteiger partial charge >= 0.3 is 5.97 Å². The summed E-state index contributed by atoms with van der Waals surface area (Å²) in [6.45, 7) is 0.0947. The molecule has 16 heavy (non-hydrogen) atoms. The van der Waals surface area contributed by atoms with Gasteiger partial charge in [-0.05, 0) is 0 Å². The summed E-state index contributed by atoms with van der Waals surface area (Å²) in [4.78, 5) is 25.5. The van der Waals surface area contributed by atoms with E-state index >= 15 is 0 Å². The van der Waals surface area contributed by atoms with E-state index < -0.39 is 12.1 Å². The number of carboxylic acids is 1. The van der Waals surface area contributed by atoms with Gasteiger partial charge in [0.15, 0.2) is 6.10 Å². The molecule has 0 aliphatic rings. The number of aryl methyl sites for hydroxylation is 1. The van der Waals surface area contributed by atoms with Gasteiger partial charge in [0, 0.05) is 20.0 Å². The molecule has 7 heteroatoms. The first-order valence-electron chi connectivity index (χ1n) is 4.67. The summed E-state index contributed by atoms with van der Waals surface area (Å²) in [5.41, 5.74) is 0.379. The number of aliphatic hydroxyl groups is 1. The summed E-state index contributed by atoms with van der Waals surface area (Å²) in [6, 6.07) is 0. The molecule has 1 atom stereocenters. The number of hydrogen-bond acceptors (Lipinski definition) is 4. The summed E-state index contributed by atoms with van der Waals surface area (Å²) in [7, 11) is 1.67. The van der Waals surface area contributed by atoms with Crippen LogP contribution in [0.1, 0.15) is 16.9 Å². The van der Waals surface area contributed by atoms with Gasteiger partial charge in [-0.1, -0.05) is 0 Å². The molecule has 0 saturated heterocycles. The second-order valence-electron chi connectivity index (χ2n) is 3.29. The third-order valence-corrected chi connectivity index (χ3v) is 2.04. The van der Waals surface area contributed by atoms with Crippen LogP contribution in [0.4, 0.5) is 0 Å². The Labute approximate surface area is 91.7 Å². The molecule has 7 nitrogen and oxygen atoms in total. The highest BCUT2D eigenvalue weighted by atomic mass is 16.4. The smallest absolute Gasteiger partial charge is 0.332 e. The molecule has 0 aliphatic carbocycles. The van der Waals surface area contributed by atoms with E-state index in [2.05, 4.69) is 10.3 Å². The van der Waals surface area contributed by atoms with Gasteiger partial charge in [-0.2, -0.15) is 0 Å². The Balaban J connectivity index is 2.37. The van der Waals surface area contributed by atoms with Crippen LogP contribution in [0.3, 0.4) is 0 Å². The highest BCUT2D eigenvalue weighted by Crippen LogP contribution is 1.96. The van der Waals surface area contributed by atoms with Gasteiger partial charge in [0.1, 0.15) is 5.69 Å². The first kappa shape index (κ1) is 12.2. The van der Waals surface area contributed by atoms with Gasteiger partial charge in [0.2, 0.25) is 0 Å². The van der Waals surface area contributed by atoms with Crippen LogP contribution in [0.5, 0.6) is 0 Å². The zero-order valence-corrected chi connectivity index (χ0v) is 8.75. The minimum Gasteiger partial charge on any atom is -0.479 e. The summed E-state index contributed by atoms with van der Waals surface area (Å²) in [5, 5.41) is 19.8. The summed E-state index contributed by atoms with van der Waals surface area (Å²) < 4.78 is 1.54. The Morgan fingerprint density at radius 3 is 2.81 bits per heavy atom. The van der Waals surface area contributed by atoms with E-state index in [0.29, 0.717) is 5.69 Å². The number of aromatic nitrogens is 2. The quantitative estimate of drug-likeness (QED) is 0.597. The number of imidazole rings is 1. The molecule has 1 aromatic heterocycles. The minimum atomic E-state index is -1.45. The van der Waals surface area contributed by atoms with E-state index in [-0.39, 0.29) is 18.9 Å². The zero-order valence-electron chi connectivity index (χ0n) is 8.75. The average Bonchev–Trinajstić information content (AvgIpc) is 2.64. The van der Waals surface area contributed by atoms with Crippen molar-refractivity contribution in [3.8, 4) is 0 Å². The van der Waals surface area contributed by atoms with Gasteiger partial charge in [-0.3, -0.25) is 4.79 Å². The first-order valence-corrected chi connectivity index (χ1v) is 4.67. The van der Waals surface area contributed by atoms with Crippen molar-refractivity contribution in [3.05, 3.63) is 18.2 Å². The Hall–Kier alpha value is -1.89. The van der Waals surface area contributed by atoms with Gasteiger partial charge in [-0.15, -0.1) is 0 Å². The third kappa shape index (κ3) is 3.06. The largest absolute Gasteiger partial charge is 0.479 e. The van der Waals surface area contributed by atoms with E-state index in [1.807, 2.05) is 0 Å². The van der Waals surface area contributed by atoms with Gasteiger partial charge in [-0.25, -0.2) is 9.78 Å². The van der Waals surface area contributed by atoms with E-state index in [0.717, 1.165) is 0 Å². The van der Waals surface area contributed by atoms with E-state index in [1.54, 1.807) is 11.6 Å². The van der Waals surface area contributed by atoms with Crippen molar-refractivity contribution < 1.29 is 19.8 Å². The Kier molecular flexibility index (Phi) is 4.01. The summed E-state index contributed by atoms with van der Waals surface area (Å²) >= 11 is 0. The summed E-state index contributed by atoms with van der Waals surface area (Å²) in [6.07, 6.45) is 1.41. The predicted molar refractivity (Wildman–Crippen MR) is 53.8 cm³/mol. The number of rotatable bonds is 5. The first-order chi connectivity index (χ1) is 7.52. The second kappa shape index (κ2) is 5.26. The zero-order chi connectivity index (χ0) is 12.1. The van der Waals surface area contributed by atoms with Gasteiger partial charge in [0.25, 0.3) is 5.91 Å². The topological polar surface area (TPSA) is 104 Å². The second-order valence-corrected chi connectivity index (χ2v) is 3.29. The lowest BCUT2D eigenvalue weighted by Gasteiger charge is -2.07. The number of nitrogens with one attached hydrogen (secondary N) is 1. The maximum atomic E-state index is 11.5. The molecular formula is C9H13N3O4. The van der Waals surface area contributed by atoms with Crippen LogP contribution in [-0.4, -0.2) is 44.3 Å². The predicted octanol–water partition coefficient (Wildman–Crippen LogP) is -1.01. The molecule has 0 fully saturated rings. The number of carboxylic acid groups (broad SMARTS) is 1. The average molecular weight is 227 g/mol. The van der Waals surface area contributed by atoms with Crippen LogP contribution in [-0.2, 0) is 11.8 Å². The molecule has 0 radical (unpaired) electrons. The number of carbonyl (C=O) groups is 2. The SMILES string of the molecule is Cn1cncc1C(=O)NCC[C@H](O)C(=O)O. The molecule has 1 amide bonds. The highest BCUT2D eigenvalue weighted by Gasteiger charge is 2.14. The minimum absolute atomic E-state index is 0.0288. The van der Waals surface area contributed by atoms with Crippen molar-refractivity contribution in [2.75, 3.05) is 6.54 Å². The van der Waals surface area contributed by atoms with E-state index in [9.17, 15) is 9.59 Å². The molecule has 0 unspecified atom stereocenters. The number of carbonyl (C=O) groups excluding carboxylic acids is 1. The van der Waals surface area contributed by atoms with Crippen LogP contribution in [0.25, 0.3) is 0 Å². The van der Waals surface area contributed by atoms with Crippen molar-refractivity contribution in [2.45, 2.75) is 12.5 Å². The number of aliphatic carboxylic acids is 1. The highest BCUT2D eigenvalue weighted by molar-refractivity contribution is 5.92. The van der Waals surface area contributed by atoms with Gasteiger partial charge in [0.05, 0.1) is 12.5 Å². The van der Waals surface area contributed by atoms with Crippen LogP contribution in [0.15, 0.2) is 12.5 Å². The number of nitrogens with zero attached hydrogens (tertiary/aromatic N) is 2. The molecule has 88 valence electrons. The molecule has 0 bridgehead atoms. The molecule has 1 heterocycles. The maximum absolute atomic E-state index is 11.5. The summed E-state index contributed by atoms with van der Waals surface area (Å²) in [5.74, 6) is -1.65. The van der Waals surface area contributed by atoms with Crippen LogP contribution in [0.2, 0.25) is 0 Å². The van der Waals surface area contributed by atoms with Crippen LogP contribution in [0, 0.1) is 0 Å². The fourth-order valence-electron chi connectivity index (χ4n) is 1.11. The third-order valence-electron chi connectivity index (χ3n) is 2.04. The van der Waals surface area contributed by atoms with E-state index in [4.69, 9.17) is 10.2 Å². The normalized spacial score (nSPS) is 12.1. The molecule has 1 aromatic rings. The fraction of sp³-hybridized carbons (Fsp3) is 0.444. The number of aliphatic hydroxyl groups excluding tert-OH is 1. The molecule has 1 rings (SSSR count). The van der Waals surface area contributed by atoms with Crippen molar-refractivity contribution in [1.29, 1.82) is 0 Å². The fourth-order valence-corrected chi connectivity index (χ4v) is 1.11. The number of amides is 1. The lowest BCUT2D eigenvalue weighted by atomic mass is 10.2. The van der Waals surface area contributed by atoms with Gasteiger partial charge < -0.3 is 20.1 Å². The molecule has 0 saturated carbocycles. The monoisotopic (exact) mass is 227 g/mol. The standard InChI is InChI=1S/C9H13N3O4/c1-12-5-10-4-6(12)8(14)11-3-2-7(13)9(15)16/h4-5,7,13H,2-3H2,1H3,(H,11,14)(H,15,16)/t7-/m0/s1. The Bertz CT molecular complexity index is 388. The molecule has 3 N–H and O–H groups in total. The molecule has 0 aliphatic heterocycles. The Morgan fingerprint density at radius 1 is 1.62 bits per heavy atom.